The molecule has 0 N–H and O–H groups in total. The maximum Gasteiger partial charge on any atom is 0.498 e. The fourth-order valence-corrected chi connectivity index (χ4v) is 6.70. The third-order valence-corrected chi connectivity index (χ3v) is 9.47. The molecule has 4 aliphatic rings. The number of amides is 1. The van der Waals surface area contributed by atoms with Gasteiger partial charge in [-0.15, -0.1) is 0 Å². The van der Waals surface area contributed by atoms with E-state index in [4.69, 9.17) is 23.8 Å². The van der Waals surface area contributed by atoms with Gasteiger partial charge in [-0.25, -0.2) is 4.79 Å². The molecule has 7 rings (SSSR count). The Bertz CT molecular complexity index is 1670. The molecule has 0 aromatic heterocycles. The van der Waals surface area contributed by atoms with Crippen molar-refractivity contribution in [3.8, 4) is 16.9 Å². The highest BCUT2D eigenvalue weighted by Gasteiger charge is 2.57. The number of nitrogens with zero attached hydrogens (tertiary/aromatic N) is 2. The smallest absolute Gasteiger partial charge is 0.488 e. The van der Waals surface area contributed by atoms with Crippen molar-refractivity contribution in [3.05, 3.63) is 60.5 Å². The van der Waals surface area contributed by atoms with E-state index in [-0.39, 0.29) is 12.1 Å². The normalized spacial score (nSPS) is 25.7. The second-order valence-corrected chi connectivity index (χ2v) is 14.4. The molecule has 1 amide bonds. The van der Waals surface area contributed by atoms with Crippen molar-refractivity contribution in [1.29, 1.82) is 0 Å². The summed E-state index contributed by atoms with van der Waals surface area (Å²) in [6, 6.07) is 15.0. The Morgan fingerprint density at radius 2 is 1.88 bits per heavy atom. The van der Waals surface area contributed by atoms with Crippen LogP contribution in [0.3, 0.4) is 0 Å². The molecule has 222 valence electrons. The van der Waals surface area contributed by atoms with Crippen LogP contribution in [0.5, 0.6) is 5.75 Å². The molecule has 0 radical (unpaired) electrons. The number of aliphatic imine (C=N–C) groups is 1. The Labute approximate surface area is 254 Å². The maximum atomic E-state index is 13.1. The SMILES string of the molecule is [CH2+]C1(C)OB(c2ccc3c(c2)COc2cc4c5c(ccc4cc2-3)N=C([C@@H]2C[C@H](C)CN2C(=O)OC(C)(C)C)C5)OC1(C)C. The van der Waals surface area contributed by atoms with Gasteiger partial charge < -0.3 is 18.8 Å². The van der Waals surface area contributed by atoms with E-state index in [9.17, 15) is 4.79 Å². The summed E-state index contributed by atoms with van der Waals surface area (Å²) in [5.74, 6) is 1.27. The third kappa shape index (κ3) is 4.79. The molecule has 7 nitrogen and oxygen atoms in total. The molecule has 0 saturated carbocycles. The number of carbonyl (C=O) groups is 1. The van der Waals surface area contributed by atoms with Crippen molar-refractivity contribution in [1.82, 2.24) is 4.90 Å². The first kappa shape index (κ1) is 28.3. The number of hydrogen-bond donors (Lipinski definition) is 0. The van der Waals surface area contributed by atoms with Gasteiger partial charge in [0, 0.05) is 31.2 Å². The maximum absolute atomic E-state index is 13.1. The fourth-order valence-electron chi connectivity index (χ4n) is 6.70. The second-order valence-electron chi connectivity index (χ2n) is 14.4. The van der Waals surface area contributed by atoms with Crippen LogP contribution in [-0.4, -0.2) is 53.2 Å². The first-order valence-corrected chi connectivity index (χ1v) is 15.3. The fraction of sp³-hybridized carbons (Fsp3) is 0.457. The van der Waals surface area contributed by atoms with Gasteiger partial charge in [-0.2, -0.15) is 0 Å². The average molecular weight is 580 g/mol. The third-order valence-electron chi connectivity index (χ3n) is 9.47. The largest absolute Gasteiger partial charge is 0.498 e. The van der Waals surface area contributed by atoms with Crippen LogP contribution in [-0.2, 0) is 27.1 Å². The number of carbonyl (C=O) groups excluding carboxylic acids is 1. The van der Waals surface area contributed by atoms with E-state index in [2.05, 4.69) is 56.3 Å². The van der Waals surface area contributed by atoms with Crippen LogP contribution in [0.2, 0.25) is 0 Å². The van der Waals surface area contributed by atoms with Crippen LogP contribution in [0.1, 0.15) is 66.0 Å². The molecule has 2 saturated heterocycles. The summed E-state index contributed by atoms with van der Waals surface area (Å²) < 4.78 is 24.5. The molecule has 1 unspecified atom stereocenters. The van der Waals surface area contributed by atoms with Crippen LogP contribution in [0.4, 0.5) is 10.5 Å². The molecule has 4 aliphatic heterocycles. The highest BCUT2D eigenvalue weighted by Crippen LogP contribution is 2.44. The minimum absolute atomic E-state index is 0.0537. The summed E-state index contributed by atoms with van der Waals surface area (Å²) in [7, 11) is -0.466. The molecular formula is C35H40BN2O5+. The van der Waals surface area contributed by atoms with Gasteiger partial charge in [-0.1, -0.05) is 31.2 Å². The monoisotopic (exact) mass is 579 g/mol. The minimum Gasteiger partial charge on any atom is -0.488 e. The van der Waals surface area contributed by atoms with Gasteiger partial charge in [-0.05, 0) is 98.1 Å². The predicted octanol–water partition coefficient (Wildman–Crippen LogP) is 6.79. The van der Waals surface area contributed by atoms with Crippen molar-refractivity contribution in [2.45, 2.75) is 90.8 Å². The molecule has 0 bridgehead atoms. The lowest BCUT2D eigenvalue weighted by atomic mass is 9.77. The first-order chi connectivity index (χ1) is 20.2. The molecule has 2 fully saturated rings. The molecule has 0 spiro atoms. The summed E-state index contributed by atoms with van der Waals surface area (Å²) in [6.45, 7) is 19.3. The highest BCUT2D eigenvalue weighted by atomic mass is 16.7. The summed E-state index contributed by atoms with van der Waals surface area (Å²) >= 11 is 0. The zero-order valence-corrected chi connectivity index (χ0v) is 26.2. The van der Waals surface area contributed by atoms with Gasteiger partial charge in [0.25, 0.3) is 0 Å². The van der Waals surface area contributed by atoms with E-state index >= 15 is 0 Å². The van der Waals surface area contributed by atoms with Gasteiger partial charge in [0.05, 0.1) is 18.7 Å². The number of likely N-dealkylation sites (tertiary alicyclic amines) is 1. The van der Waals surface area contributed by atoms with Crippen LogP contribution < -0.4 is 10.2 Å². The van der Waals surface area contributed by atoms with E-state index in [0.717, 1.165) is 56.5 Å². The number of ether oxygens (including phenoxy) is 2. The van der Waals surface area contributed by atoms with Crippen LogP contribution in [0, 0.1) is 12.8 Å². The average Bonchev–Trinajstić information content (AvgIpc) is 3.59. The van der Waals surface area contributed by atoms with Gasteiger partial charge in [0.15, 0.2) is 0 Å². The standard InChI is InChI=1S/C35H40BN2O5/c1-20-13-30(38(18-20)32(39)41-33(2,3)4)29-16-26-25-17-31-27(15-21(25)9-12-28(26)37-29)24-11-10-23(14-22(24)19-40-31)36-42-34(5,6)35(7,8)43-36/h9-12,14-15,17,20,30H,5,13,16,18-19H2,1-4,6-8H3/q+1/t20-,30-,34?/m0/s1. The summed E-state index contributed by atoms with van der Waals surface area (Å²) in [5, 5.41) is 2.30. The molecule has 3 atom stereocenters. The van der Waals surface area contributed by atoms with Gasteiger partial charge in [-0.3, -0.25) is 9.89 Å². The number of benzene rings is 3. The number of fused-ring (bicyclic) bond motifs is 6. The Morgan fingerprint density at radius 1 is 1.09 bits per heavy atom. The molecule has 8 heteroatoms. The van der Waals surface area contributed by atoms with Gasteiger partial charge >= 0.3 is 13.2 Å². The molecule has 0 aliphatic carbocycles. The second kappa shape index (κ2) is 9.51. The Hall–Kier alpha value is -3.49. The van der Waals surface area contributed by atoms with E-state index < -0.39 is 23.9 Å². The molecule has 3 aromatic carbocycles. The highest BCUT2D eigenvalue weighted by molar-refractivity contribution is 6.62. The van der Waals surface area contributed by atoms with E-state index in [0.29, 0.717) is 25.5 Å². The Kier molecular flexibility index (Phi) is 6.25. The molecular weight excluding hydrogens is 539 g/mol. The molecule has 3 aromatic rings. The van der Waals surface area contributed by atoms with Crippen molar-refractivity contribution in [2.24, 2.45) is 10.9 Å². The van der Waals surface area contributed by atoms with Crippen molar-refractivity contribution < 1.29 is 23.6 Å². The zero-order chi connectivity index (χ0) is 30.5. The van der Waals surface area contributed by atoms with Crippen LogP contribution >= 0.6 is 0 Å². The van der Waals surface area contributed by atoms with Crippen molar-refractivity contribution in [3.63, 3.8) is 0 Å². The topological polar surface area (TPSA) is 69.6 Å². The summed E-state index contributed by atoms with van der Waals surface area (Å²) in [4.78, 5) is 20.0. The lowest BCUT2D eigenvalue weighted by molar-refractivity contribution is 0.0260. The van der Waals surface area contributed by atoms with Crippen molar-refractivity contribution in [2.75, 3.05) is 6.54 Å². The van der Waals surface area contributed by atoms with Crippen LogP contribution in [0.15, 0.2) is 47.5 Å². The lowest BCUT2D eigenvalue weighted by Crippen LogP contribution is -2.43. The van der Waals surface area contributed by atoms with Gasteiger partial charge in [0.2, 0.25) is 5.60 Å². The Morgan fingerprint density at radius 3 is 2.60 bits per heavy atom. The van der Waals surface area contributed by atoms with E-state index in [1.807, 2.05) is 46.4 Å². The van der Waals surface area contributed by atoms with Crippen molar-refractivity contribution >= 4 is 40.8 Å². The lowest BCUT2D eigenvalue weighted by Gasteiger charge is -2.28. The number of hydrogen-bond acceptors (Lipinski definition) is 6. The molecule has 4 heterocycles. The Balaban J connectivity index is 1.17. The predicted molar refractivity (Wildman–Crippen MR) is 170 cm³/mol. The first-order valence-electron chi connectivity index (χ1n) is 15.3. The van der Waals surface area contributed by atoms with Crippen LogP contribution in [0.25, 0.3) is 21.9 Å². The van der Waals surface area contributed by atoms with E-state index in [1.54, 1.807) is 0 Å². The minimum atomic E-state index is -0.635. The number of rotatable bonds is 2. The van der Waals surface area contributed by atoms with E-state index in [1.165, 1.54) is 5.56 Å². The zero-order valence-electron chi connectivity index (χ0n) is 26.2. The summed E-state index contributed by atoms with van der Waals surface area (Å²) in [6.07, 6.45) is 1.35. The summed E-state index contributed by atoms with van der Waals surface area (Å²) in [5.41, 5.74) is 5.85. The van der Waals surface area contributed by atoms with Gasteiger partial charge in [0.1, 0.15) is 23.6 Å². The molecule has 43 heavy (non-hydrogen) atoms. The quantitative estimate of drug-likeness (QED) is 0.247.